The molecule has 30 heavy (non-hydrogen) atoms. The smallest absolute Gasteiger partial charge is 0.249 e. The van der Waals surface area contributed by atoms with Crippen LogP contribution in [0.25, 0.3) is 0 Å². The van der Waals surface area contributed by atoms with Crippen LogP contribution in [0.1, 0.15) is 17.0 Å². The van der Waals surface area contributed by atoms with Crippen LogP contribution in [0.3, 0.4) is 0 Å². The van der Waals surface area contributed by atoms with Crippen LogP contribution in [0.4, 0.5) is 5.69 Å². The quantitative estimate of drug-likeness (QED) is 0.539. The first-order valence-corrected chi connectivity index (χ1v) is 9.58. The lowest BCUT2D eigenvalue weighted by molar-refractivity contribution is -0.127. The molecule has 6 heteroatoms. The van der Waals surface area contributed by atoms with Crippen molar-refractivity contribution >= 4 is 17.5 Å². The van der Waals surface area contributed by atoms with Crippen molar-refractivity contribution in [3.63, 3.8) is 0 Å². The Morgan fingerprint density at radius 1 is 0.833 bits per heavy atom. The summed E-state index contributed by atoms with van der Waals surface area (Å²) in [5, 5.41) is 15.1. The van der Waals surface area contributed by atoms with Crippen molar-refractivity contribution in [1.82, 2.24) is 5.32 Å². The summed E-state index contributed by atoms with van der Waals surface area (Å²) in [7, 11) is 1.56. The molecule has 0 aromatic heterocycles. The first kappa shape index (κ1) is 21.1. The molecule has 0 aliphatic rings. The summed E-state index contributed by atoms with van der Waals surface area (Å²) in [6.45, 7) is -0.524. The van der Waals surface area contributed by atoms with Gasteiger partial charge in [-0.3, -0.25) is 9.59 Å². The van der Waals surface area contributed by atoms with E-state index in [0.717, 1.165) is 11.1 Å². The molecule has 0 aliphatic heterocycles. The predicted octanol–water partition coefficient (Wildman–Crippen LogP) is 2.94. The average Bonchev–Trinajstić information content (AvgIpc) is 2.79. The summed E-state index contributed by atoms with van der Waals surface area (Å²) in [6.07, 6.45) is 0. The van der Waals surface area contributed by atoms with Crippen molar-refractivity contribution in [2.75, 3.05) is 19.0 Å². The first-order valence-electron chi connectivity index (χ1n) is 9.58. The van der Waals surface area contributed by atoms with E-state index >= 15 is 0 Å². The van der Waals surface area contributed by atoms with Gasteiger partial charge in [0.25, 0.3) is 0 Å². The molecule has 0 saturated carbocycles. The number of carbonyl (C=O) groups excluding carboxylic acids is 2. The minimum atomic E-state index is -1.09. The van der Waals surface area contributed by atoms with E-state index in [4.69, 9.17) is 4.74 Å². The number of amides is 2. The van der Waals surface area contributed by atoms with Gasteiger partial charge in [0.05, 0.1) is 19.6 Å². The summed E-state index contributed by atoms with van der Waals surface area (Å²) in [5.41, 5.74) is 2.14. The van der Waals surface area contributed by atoms with E-state index in [0.29, 0.717) is 11.4 Å². The van der Waals surface area contributed by atoms with Gasteiger partial charge >= 0.3 is 0 Å². The fourth-order valence-electron chi connectivity index (χ4n) is 3.14. The fourth-order valence-corrected chi connectivity index (χ4v) is 3.14. The minimum Gasteiger partial charge on any atom is -0.497 e. The van der Waals surface area contributed by atoms with Crippen LogP contribution in [0.15, 0.2) is 84.9 Å². The molecule has 2 amide bonds. The zero-order valence-electron chi connectivity index (χ0n) is 16.6. The zero-order valence-corrected chi connectivity index (χ0v) is 16.6. The van der Waals surface area contributed by atoms with E-state index in [1.165, 1.54) is 0 Å². The Hall–Kier alpha value is -3.64. The molecule has 3 aromatic carbocycles. The Morgan fingerprint density at radius 3 is 1.83 bits per heavy atom. The molecule has 0 bridgehead atoms. The number of ether oxygens (including phenoxy) is 1. The van der Waals surface area contributed by atoms with Crippen molar-refractivity contribution in [2.45, 2.75) is 12.0 Å². The zero-order chi connectivity index (χ0) is 21.3. The summed E-state index contributed by atoms with van der Waals surface area (Å²) < 4.78 is 5.10. The largest absolute Gasteiger partial charge is 0.497 e. The summed E-state index contributed by atoms with van der Waals surface area (Å²) in [6, 6.07) is 24.4. The monoisotopic (exact) mass is 404 g/mol. The van der Waals surface area contributed by atoms with Crippen LogP contribution in [0, 0.1) is 0 Å². The van der Waals surface area contributed by atoms with Crippen LogP contribution >= 0.6 is 0 Å². The minimum absolute atomic E-state index is 0.365. The van der Waals surface area contributed by atoms with Gasteiger partial charge in [-0.2, -0.15) is 0 Å². The SMILES string of the molecule is COc1ccc(NC(=O)C(CO)NC(=O)C(c2ccccc2)c2ccccc2)cc1. The molecule has 0 heterocycles. The van der Waals surface area contributed by atoms with E-state index in [1.54, 1.807) is 31.4 Å². The predicted molar refractivity (Wildman–Crippen MR) is 115 cm³/mol. The highest BCUT2D eigenvalue weighted by Gasteiger charge is 2.27. The van der Waals surface area contributed by atoms with Gasteiger partial charge in [0.2, 0.25) is 11.8 Å². The number of anilines is 1. The Bertz CT molecular complexity index is 920. The highest BCUT2D eigenvalue weighted by atomic mass is 16.5. The molecule has 3 aromatic rings. The molecule has 0 radical (unpaired) electrons. The lowest BCUT2D eigenvalue weighted by atomic mass is 9.90. The fraction of sp³-hybridized carbons (Fsp3) is 0.167. The highest BCUT2D eigenvalue weighted by molar-refractivity contribution is 5.98. The number of benzene rings is 3. The van der Waals surface area contributed by atoms with E-state index in [1.807, 2.05) is 60.7 Å². The van der Waals surface area contributed by atoms with Crippen molar-refractivity contribution in [3.8, 4) is 5.75 Å². The Labute approximate surface area is 175 Å². The maximum atomic E-state index is 13.1. The number of rotatable bonds is 8. The van der Waals surface area contributed by atoms with Crippen molar-refractivity contribution in [1.29, 1.82) is 0 Å². The normalized spacial score (nSPS) is 11.6. The standard InChI is InChI=1S/C24H24N2O4/c1-30-20-14-12-19(13-15-20)25-23(28)21(16-27)26-24(29)22(17-8-4-2-5-9-17)18-10-6-3-7-11-18/h2-15,21-22,27H,16H2,1H3,(H,25,28)(H,26,29). The number of aliphatic hydroxyl groups excluding tert-OH is 1. The second kappa shape index (κ2) is 10.2. The Kier molecular flexibility index (Phi) is 7.19. The maximum Gasteiger partial charge on any atom is 0.249 e. The van der Waals surface area contributed by atoms with Gasteiger partial charge in [0.15, 0.2) is 0 Å². The van der Waals surface area contributed by atoms with Crippen LogP contribution in [-0.4, -0.2) is 36.7 Å². The molecule has 154 valence electrons. The first-order chi connectivity index (χ1) is 14.6. The number of aliphatic hydroxyl groups is 1. The third-order valence-corrected chi connectivity index (χ3v) is 4.70. The topological polar surface area (TPSA) is 87.7 Å². The lowest BCUT2D eigenvalue weighted by Crippen LogP contribution is -2.47. The molecule has 0 saturated heterocycles. The second-order valence-corrected chi connectivity index (χ2v) is 6.72. The average molecular weight is 404 g/mol. The van der Waals surface area contributed by atoms with E-state index in [9.17, 15) is 14.7 Å². The van der Waals surface area contributed by atoms with Gasteiger partial charge in [-0.25, -0.2) is 0 Å². The summed E-state index contributed by atoms with van der Waals surface area (Å²) in [4.78, 5) is 25.7. The molecule has 0 aliphatic carbocycles. The molecule has 3 N–H and O–H groups in total. The maximum absolute atomic E-state index is 13.1. The van der Waals surface area contributed by atoms with Gasteiger partial charge in [-0.05, 0) is 35.4 Å². The molecule has 3 rings (SSSR count). The molecular weight excluding hydrogens is 380 g/mol. The van der Waals surface area contributed by atoms with Crippen LogP contribution in [0.2, 0.25) is 0 Å². The third-order valence-electron chi connectivity index (χ3n) is 4.70. The van der Waals surface area contributed by atoms with Crippen LogP contribution in [0.5, 0.6) is 5.75 Å². The summed E-state index contributed by atoms with van der Waals surface area (Å²) in [5.74, 6) is -0.809. The number of hydrogen-bond acceptors (Lipinski definition) is 4. The Morgan fingerprint density at radius 2 is 1.37 bits per heavy atom. The molecule has 6 nitrogen and oxygen atoms in total. The van der Waals surface area contributed by atoms with E-state index < -0.39 is 24.5 Å². The number of methoxy groups -OCH3 is 1. The molecule has 1 atom stereocenters. The Balaban J connectivity index is 1.76. The third kappa shape index (κ3) is 5.24. The van der Waals surface area contributed by atoms with Crippen molar-refractivity contribution < 1.29 is 19.4 Å². The van der Waals surface area contributed by atoms with Crippen molar-refractivity contribution in [2.24, 2.45) is 0 Å². The van der Waals surface area contributed by atoms with Gasteiger partial charge in [-0.15, -0.1) is 0 Å². The van der Waals surface area contributed by atoms with E-state index in [-0.39, 0.29) is 5.91 Å². The number of nitrogens with one attached hydrogen (secondary N) is 2. The molecular formula is C24H24N2O4. The lowest BCUT2D eigenvalue weighted by Gasteiger charge is -2.22. The molecule has 1 unspecified atom stereocenters. The molecule has 0 spiro atoms. The van der Waals surface area contributed by atoms with E-state index in [2.05, 4.69) is 10.6 Å². The van der Waals surface area contributed by atoms with Gasteiger partial charge in [0.1, 0.15) is 11.8 Å². The number of hydrogen-bond donors (Lipinski definition) is 3. The van der Waals surface area contributed by atoms with Crippen LogP contribution < -0.4 is 15.4 Å². The second-order valence-electron chi connectivity index (χ2n) is 6.72. The van der Waals surface area contributed by atoms with Crippen LogP contribution in [-0.2, 0) is 9.59 Å². The highest BCUT2D eigenvalue weighted by Crippen LogP contribution is 2.25. The van der Waals surface area contributed by atoms with Gasteiger partial charge in [-0.1, -0.05) is 60.7 Å². The van der Waals surface area contributed by atoms with Crippen molar-refractivity contribution in [3.05, 3.63) is 96.1 Å². The number of carbonyl (C=O) groups is 2. The summed E-state index contributed by atoms with van der Waals surface area (Å²) >= 11 is 0. The van der Waals surface area contributed by atoms with Gasteiger partial charge in [0, 0.05) is 5.69 Å². The molecule has 0 fully saturated rings. The van der Waals surface area contributed by atoms with Gasteiger partial charge < -0.3 is 20.5 Å².